The molecule has 2 heteroatoms. The average Bonchev–Trinajstić information content (AvgIpc) is 1.89. The Kier molecular flexibility index (Phi) is 4.54. The van der Waals surface area contributed by atoms with Crippen molar-refractivity contribution in [2.75, 3.05) is 6.61 Å². The fourth-order valence-electron chi connectivity index (χ4n) is 0.310. The average molecular weight is 125 g/mol. The van der Waals surface area contributed by atoms with Crippen LogP contribution in [0.3, 0.4) is 0 Å². The Morgan fingerprint density at radius 2 is 2.22 bits per heavy atom. The molecule has 0 amide bonds. The van der Waals surface area contributed by atoms with E-state index in [1.54, 1.807) is 24.3 Å². The van der Waals surface area contributed by atoms with Crippen molar-refractivity contribution in [1.82, 2.24) is 0 Å². The van der Waals surface area contributed by atoms with Crippen LogP contribution in [0.5, 0.6) is 0 Å². The van der Waals surface area contributed by atoms with Gasteiger partial charge in [0.1, 0.15) is 0 Å². The molecule has 0 fully saturated rings. The molecule has 2 nitrogen and oxygen atoms in total. The van der Waals surface area contributed by atoms with Crippen LogP contribution in [-0.2, 0) is 0 Å². The van der Waals surface area contributed by atoms with Gasteiger partial charge in [0.25, 0.3) is 0 Å². The highest BCUT2D eigenvalue weighted by Gasteiger charge is 1.77. The summed E-state index contributed by atoms with van der Waals surface area (Å²) < 4.78 is 0. The van der Waals surface area contributed by atoms with E-state index < -0.39 is 0 Å². The van der Waals surface area contributed by atoms with Crippen molar-refractivity contribution in [2.45, 2.75) is 0 Å². The van der Waals surface area contributed by atoms with Crippen LogP contribution in [0.25, 0.3) is 0 Å². The van der Waals surface area contributed by atoms with Crippen LogP contribution < -0.4 is 5.73 Å². The molecule has 0 radical (unpaired) electrons. The molecule has 0 aliphatic rings. The summed E-state index contributed by atoms with van der Waals surface area (Å²) in [7, 11) is 0. The molecule has 9 heavy (non-hydrogen) atoms. The number of nitrogens with two attached hydrogens (primary N) is 1. The van der Waals surface area contributed by atoms with Crippen molar-refractivity contribution in [2.24, 2.45) is 5.73 Å². The molecule has 50 valence electrons. The summed E-state index contributed by atoms with van der Waals surface area (Å²) in [5.41, 5.74) is 5.69. The molecule has 0 rings (SSSR count). The van der Waals surface area contributed by atoms with Gasteiger partial charge < -0.3 is 10.8 Å². The fraction of sp³-hybridized carbons (Fsp3) is 0.143. The number of hydrogen-bond acceptors (Lipinski definition) is 2. The van der Waals surface area contributed by atoms with Crippen molar-refractivity contribution in [3.63, 3.8) is 0 Å². The van der Waals surface area contributed by atoms with Gasteiger partial charge in [0, 0.05) is 5.70 Å². The van der Waals surface area contributed by atoms with E-state index in [1.807, 2.05) is 0 Å². The SMILES string of the molecule is C=C/C=C\C=C(/N)CO. The monoisotopic (exact) mass is 125 g/mol. The predicted octanol–water partition coefficient (Wildman–Crippen LogP) is 0.564. The quantitative estimate of drug-likeness (QED) is 0.541. The van der Waals surface area contributed by atoms with E-state index in [-0.39, 0.29) is 6.61 Å². The van der Waals surface area contributed by atoms with Gasteiger partial charge in [-0.2, -0.15) is 0 Å². The third kappa shape index (κ3) is 4.84. The zero-order chi connectivity index (χ0) is 7.11. The van der Waals surface area contributed by atoms with Gasteiger partial charge in [-0.15, -0.1) is 0 Å². The van der Waals surface area contributed by atoms with Gasteiger partial charge in [-0.25, -0.2) is 0 Å². The van der Waals surface area contributed by atoms with Gasteiger partial charge >= 0.3 is 0 Å². The summed E-state index contributed by atoms with van der Waals surface area (Å²) in [6.45, 7) is 3.37. The molecule has 0 bridgehead atoms. The van der Waals surface area contributed by atoms with Gasteiger partial charge in [0.2, 0.25) is 0 Å². The lowest BCUT2D eigenvalue weighted by atomic mass is 10.4. The Balaban J connectivity index is 3.67. The fourth-order valence-corrected chi connectivity index (χ4v) is 0.310. The maximum Gasteiger partial charge on any atom is 0.0825 e. The van der Waals surface area contributed by atoms with E-state index in [0.717, 1.165) is 0 Å². The highest BCUT2D eigenvalue weighted by Crippen LogP contribution is 1.82. The Morgan fingerprint density at radius 1 is 1.56 bits per heavy atom. The topological polar surface area (TPSA) is 46.2 Å². The zero-order valence-corrected chi connectivity index (χ0v) is 5.25. The zero-order valence-electron chi connectivity index (χ0n) is 5.25. The first-order valence-electron chi connectivity index (χ1n) is 2.66. The highest BCUT2D eigenvalue weighted by atomic mass is 16.3. The summed E-state index contributed by atoms with van der Waals surface area (Å²) in [6.07, 6.45) is 6.73. The maximum atomic E-state index is 8.38. The van der Waals surface area contributed by atoms with Crippen LogP contribution in [0.1, 0.15) is 0 Å². The molecule has 0 aliphatic carbocycles. The van der Waals surface area contributed by atoms with Crippen molar-refractivity contribution in [3.8, 4) is 0 Å². The molecule has 0 atom stereocenters. The van der Waals surface area contributed by atoms with E-state index >= 15 is 0 Å². The Hall–Kier alpha value is -1.02. The molecular weight excluding hydrogens is 114 g/mol. The van der Waals surface area contributed by atoms with Crippen LogP contribution in [0.4, 0.5) is 0 Å². The molecule has 0 aromatic carbocycles. The van der Waals surface area contributed by atoms with Gasteiger partial charge in [-0.05, 0) is 6.08 Å². The summed E-state index contributed by atoms with van der Waals surface area (Å²) in [5, 5.41) is 8.38. The summed E-state index contributed by atoms with van der Waals surface area (Å²) >= 11 is 0. The summed E-state index contributed by atoms with van der Waals surface area (Å²) in [4.78, 5) is 0. The maximum absolute atomic E-state index is 8.38. The standard InChI is InChI=1S/C7H11NO/c1-2-3-4-5-7(8)6-9/h2-5,9H,1,6,8H2/b4-3-,7-5-. The molecule has 0 saturated carbocycles. The number of aliphatic hydroxyl groups is 1. The number of allylic oxidation sites excluding steroid dienone is 4. The molecule has 0 aromatic rings. The lowest BCUT2D eigenvalue weighted by Gasteiger charge is -1.87. The van der Waals surface area contributed by atoms with Crippen LogP contribution in [0.2, 0.25) is 0 Å². The second kappa shape index (κ2) is 5.12. The van der Waals surface area contributed by atoms with Crippen LogP contribution in [0.15, 0.2) is 36.6 Å². The lowest BCUT2D eigenvalue weighted by molar-refractivity contribution is 0.330. The number of rotatable bonds is 3. The minimum atomic E-state index is -0.0958. The lowest BCUT2D eigenvalue weighted by Crippen LogP contribution is -2.00. The minimum absolute atomic E-state index is 0.0958. The first kappa shape index (κ1) is 7.98. The van der Waals surface area contributed by atoms with Crippen LogP contribution in [-0.4, -0.2) is 11.7 Å². The van der Waals surface area contributed by atoms with Gasteiger partial charge in [0.05, 0.1) is 6.61 Å². The molecule has 3 N–H and O–H groups in total. The van der Waals surface area contributed by atoms with E-state index in [4.69, 9.17) is 10.8 Å². The molecular formula is C7H11NO. The molecule has 0 unspecified atom stereocenters. The van der Waals surface area contributed by atoms with E-state index in [9.17, 15) is 0 Å². The Labute approximate surface area is 55.0 Å². The van der Waals surface area contributed by atoms with E-state index in [1.165, 1.54) is 0 Å². The normalized spacial score (nSPS) is 12.3. The first-order chi connectivity index (χ1) is 4.31. The van der Waals surface area contributed by atoms with E-state index in [0.29, 0.717) is 5.70 Å². The minimum Gasteiger partial charge on any atom is -0.400 e. The summed E-state index contributed by atoms with van der Waals surface area (Å²) in [6, 6.07) is 0. The third-order valence-corrected chi connectivity index (χ3v) is 0.740. The van der Waals surface area contributed by atoms with Crippen molar-refractivity contribution in [1.29, 1.82) is 0 Å². The second-order valence-electron chi connectivity index (χ2n) is 1.52. The van der Waals surface area contributed by atoms with Crippen molar-refractivity contribution in [3.05, 3.63) is 36.6 Å². The van der Waals surface area contributed by atoms with E-state index in [2.05, 4.69) is 6.58 Å². The second-order valence-corrected chi connectivity index (χ2v) is 1.52. The largest absolute Gasteiger partial charge is 0.400 e. The molecule has 0 aromatic heterocycles. The molecule has 0 heterocycles. The Morgan fingerprint density at radius 3 is 2.67 bits per heavy atom. The van der Waals surface area contributed by atoms with Gasteiger partial charge in [-0.1, -0.05) is 24.8 Å². The number of aliphatic hydroxyl groups excluding tert-OH is 1. The number of hydrogen-bond donors (Lipinski definition) is 2. The smallest absolute Gasteiger partial charge is 0.0825 e. The molecule has 0 spiro atoms. The first-order valence-corrected chi connectivity index (χ1v) is 2.66. The third-order valence-electron chi connectivity index (χ3n) is 0.740. The van der Waals surface area contributed by atoms with Gasteiger partial charge in [-0.3, -0.25) is 0 Å². The van der Waals surface area contributed by atoms with Gasteiger partial charge in [0.15, 0.2) is 0 Å². The Bertz CT molecular complexity index is 136. The van der Waals surface area contributed by atoms with Crippen molar-refractivity contribution >= 4 is 0 Å². The highest BCUT2D eigenvalue weighted by molar-refractivity contribution is 5.13. The molecule has 0 saturated heterocycles. The predicted molar refractivity (Wildman–Crippen MR) is 38.7 cm³/mol. The van der Waals surface area contributed by atoms with Crippen LogP contribution in [0, 0.1) is 0 Å². The van der Waals surface area contributed by atoms with Crippen molar-refractivity contribution < 1.29 is 5.11 Å². The molecule has 0 aliphatic heterocycles. The summed E-state index contributed by atoms with van der Waals surface area (Å²) in [5.74, 6) is 0. The van der Waals surface area contributed by atoms with Crippen LogP contribution >= 0.6 is 0 Å².